The smallest absolute Gasteiger partial charge is 0.295 e. The molecule has 0 bridgehead atoms. The molecule has 29 heavy (non-hydrogen) atoms. The Bertz CT molecular complexity index is 1100. The van der Waals surface area contributed by atoms with Crippen LogP contribution in [-0.2, 0) is 14.6 Å². The van der Waals surface area contributed by atoms with Crippen LogP contribution < -0.4 is 4.90 Å². The van der Waals surface area contributed by atoms with E-state index in [9.17, 15) is 13.2 Å². The average Bonchev–Trinajstić information content (AvgIpc) is 3.37. The first-order chi connectivity index (χ1) is 13.9. The molecule has 1 aliphatic rings. The van der Waals surface area contributed by atoms with Crippen molar-refractivity contribution in [2.45, 2.75) is 4.90 Å². The van der Waals surface area contributed by atoms with Crippen molar-refractivity contribution in [1.29, 1.82) is 0 Å². The molecule has 0 N–H and O–H groups in total. The maximum absolute atomic E-state index is 13.0. The number of carbonyl (C=O) groups is 1. The summed E-state index contributed by atoms with van der Waals surface area (Å²) in [7, 11) is -3.32. The fourth-order valence-corrected chi connectivity index (χ4v) is 4.87. The number of thiazole rings is 1. The van der Waals surface area contributed by atoms with E-state index in [0.29, 0.717) is 41.7 Å². The second-order valence-electron chi connectivity index (χ2n) is 6.79. The summed E-state index contributed by atoms with van der Waals surface area (Å²) >= 11 is 1.29. The van der Waals surface area contributed by atoms with Crippen LogP contribution in [0.2, 0.25) is 0 Å². The zero-order chi connectivity index (χ0) is 20.4. The molecule has 0 aliphatic carbocycles. The molecule has 0 unspecified atom stereocenters. The third kappa shape index (κ3) is 4.50. The molecule has 8 nitrogen and oxygen atoms in total. The van der Waals surface area contributed by atoms with Gasteiger partial charge < -0.3 is 9.15 Å². The van der Waals surface area contributed by atoms with Crippen LogP contribution in [0.3, 0.4) is 0 Å². The quantitative estimate of drug-likeness (QED) is 0.586. The SMILES string of the molecule is CS(=O)(=O)c1ccc2nc(N(CCN3CCOCC3)C(=O)c3ccco3)sc2c1. The minimum absolute atomic E-state index is 0.234. The lowest BCUT2D eigenvalue weighted by Gasteiger charge is -2.28. The number of anilines is 1. The zero-order valence-electron chi connectivity index (χ0n) is 15.9. The third-order valence-electron chi connectivity index (χ3n) is 4.73. The van der Waals surface area contributed by atoms with Crippen molar-refractivity contribution in [3.05, 3.63) is 42.4 Å². The molecular weight excluding hydrogens is 414 g/mol. The van der Waals surface area contributed by atoms with Crippen molar-refractivity contribution in [3.8, 4) is 0 Å². The predicted octanol–water partition coefficient (Wildman–Crippen LogP) is 2.27. The number of ether oxygens (including phenoxy) is 1. The summed E-state index contributed by atoms with van der Waals surface area (Å²) in [5.41, 5.74) is 0.654. The van der Waals surface area contributed by atoms with E-state index in [1.165, 1.54) is 29.9 Å². The van der Waals surface area contributed by atoms with Gasteiger partial charge in [0.05, 0.1) is 34.6 Å². The second kappa shape index (κ2) is 8.23. The lowest BCUT2D eigenvalue weighted by atomic mass is 10.3. The van der Waals surface area contributed by atoms with E-state index >= 15 is 0 Å². The van der Waals surface area contributed by atoms with E-state index in [1.54, 1.807) is 29.2 Å². The highest BCUT2D eigenvalue weighted by molar-refractivity contribution is 7.90. The summed E-state index contributed by atoms with van der Waals surface area (Å²) < 4.78 is 35.1. The molecule has 1 aromatic carbocycles. The number of benzene rings is 1. The molecule has 0 spiro atoms. The van der Waals surface area contributed by atoms with Gasteiger partial charge in [0.15, 0.2) is 20.7 Å². The molecular formula is C19H21N3O5S2. The van der Waals surface area contributed by atoms with Gasteiger partial charge in [0.25, 0.3) is 5.91 Å². The first-order valence-corrected chi connectivity index (χ1v) is 11.9. The van der Waals surface area contributed by atoms with Gasteiger partial charge >= 0.3 is 0 Å². The van der Waals surface area contributed by atoms with Gasteiger partial charge in [-0.15, -0.1) is 0 Å². The van der Waals surface area contributed by atoms with Crippen LogP contribution in [0.15, 0.2) is 45.9 Å². The summed E-state index contributed by atoms with van der Waals surface area (Å²) in [6, 6.07) is 8.10. The molecule has 4 rings (SSSR count). The molecule has 154 valence electrons. The number of morpholine rings is 1. The van der Waals surface area contributed by atoms with Crippen molar-refractivity contribution in [1.82, 2.24) is 9.88 Å². The van der Waals surface area contributed by atoms with Gasteiger partial charge in [-0.25, -0.2) is 13.4 Å². The molecule has 0 atom stereocenters. The highest BCUT2D eigenvalue weighted by Gasteiger charge is 2.24. The van der Waals surface area contributed by atoms with E-state index in [1.807, 2.05) is 0 Å². The number of nitrogens with zero attached hydrogens (tertiary/aromatic N) is 3. The molecule has 1 saturated heterocycles. The largest absolute Gasteiger partial charge is 0.459 e. The average molecular weight is 436 g/mol. The highest BCUT2D eigenvalue weighted by atomic mass is 32.2. The number of fused-ring (bicyclic) bond motifs is 1. The Balaban J connectivity index is 1.64. The number of sulfone groups is 1. The summed E-state index contributed by atoms with van der Waals surface area (Å²) in [6.07, 6.45) is 2.63. The molecule has 1 aliphatic heterocycles. The van der Waals surface area contributed by atoms with Crippen LogP contribution in [-0.4, -0.2) is 69.9 Å². The normalized spacial score (nSPS) is 15.6. The van der Waals surface area contributed by atoms with Crippen LogP contribution >= 0.6 is 11.3 Å². The van der Waals surface area contributed by atoms with Gasteiger partial charge in [-0.2, -0.15) is 0 Å². The Labute approximate surface area is 172 Å². The first kappa shape index (κ1) is 20.0. The Morgan fingerprint density at radius 1 is 1.28 bits per heavy atom. The van der Waals surface area contributed by atoms with Gasteiger partial charge in [0.1, 0.15) is 0 Å². The molecule has 0 radical (unpaired) electrons. The van der Waals surface area contributed by atoms with Crippen LogP contribution in [0.25, 0.3) is 10.2 Å². The topological polar surface area (TPSA) is 93.0 Å². The molecule has 10 heteroatoms. The van der Waals surface area contributed by atoms with Crippen molar-refractivity contribution < 1.29 is 22.4 Å². The number of hydrogen-bond acceptors (Lipinski definition) is 8. The number of furan rings is 1. The molecule has 1 fully saturated rings. The highest BCUT2D eigenvalue weighted by Crippen LogP contribution is 2.31. The first-order valence-electron chi connectivity index (χ1n) is 9.18. The molecule has 2 aromatic heterocycles. The number of carbonyl (C=O) groups excluding carboxylic acids is 1. The van der Waals surface area contributed by atoms with Crippen molar-refractivity contribution in [2.75, 3.05) is 50.5 Å². The molecule has 3 aromatic rings. The molecule has 3 heterocycles. The predicted molar refractivity (Wildman–Crippen MR) is 110 cm³/mol. The summed E-state index contributed by atoms with van der Waals surface area (Å²) in [5.74, 6) is -0.0336. The van der Waals surface area contributed by atoms with Gasteiger partial charge in [0.2, 0.25) is 0 Å². The minimum Gasteiger partial charge on any atom is -0.459 e. The van der Waals surface area contributed by atoms with Crippen molar-refractivity contribution in [2.24, 2.45) is 0 Å². The standard InChI is InChI=1S/C19H21N3O5S2/c1-29(24,25)14-4-5-15-17(13-14)28-19(20-15)22(18(23)16-3-2-10-27-16)7-6-21-8-11-26-12-9-21/h2-5,10,13H,6-9,11-12H2,1H3. The zero-order valence-corrected chi connectivity index (χ0v) is 17.5. The van der Waals surface area contributed by atoms with Crippen LogP contribution in [0.5, 0.6) is 0 Å². The number of rotatable bonds is 6. The Morgan fingerprint density at radius 2 is 2.07 bits per heavy atom. The van der Waals surface area contributed by atoms with Crippen molar-refractivity contribution >= 4 is 42.4 Å². The maximum atomic E-state index is 13.0. The molecule has 1 amide bonds. The Morgan fingerprint density at radius 3 is 2.76 bits per heavy atom. The van der Waals surface area contributed by atoms with Crippen LogP contribution in [0.1, 0.15) is 10.6 Å². The maximum Gasteiger partial charge on any atom is 0.295 e. The van der Waals surface area contributed by atoms with Gasteiger partial charge in [-0.3, -0.25) is 14.6 Å². The number of aromatic nitrogens is 1. The van der Waals surface area contributed by atoms with Gasteiger partial charge in [-0.1, -0.05) is 11.3 Å². The van der Waals surface area contributed by atoms with E-state index in [4.69, 9.17) is 9.15 Å². The van der Waals surface area contributed by atoms with Gasteiger partial charge in [-0.05, 0) is 30.3 Å². The Kier molecular flexibility index (Phi) is 5.68. The minimum atomic E-state index is -3.32. The monoisotopic (exact) mass is 435 g/mol. The summed E-state index contributed by atoms with van der Waals surface area (Å²) in [6.45, 7) is 4.13. The lowest BCUT2D eigenvalue weighted by molar-refractivity contribution is 0.0390. The van der Waals surface area contributed by atoms with E-state index < -0.39 is 9.84 Å². The van der Waals surface area contributed by atoms with Crippen LogP contribution in [0.4, 0.5) is 5.13 Å². The lowest BCUT2D eigenvalue weighted by Crippen LogP contribution is -2.43. The van der Waals surface area contributed by atoms with E-state index in [2.05, 4.69) is 9.88 Å². The second-order valence-corrected chi connectivity index (χ2v) is 9.81. The van der Waals surface area contributed by atoms with Gasteiger partial charge in [0, 0.05) is 32.4 Å². The molecule has 0 saturated carbocycles. The van der Waals surface area contributed by atoms with Crippen LogP contribution in [0, 0.1) is 0 Å². The number of amides is 1. The summed E-state index contributed by atoms with van der Waals surface area (Å²) in [4.78, 5) is 21.7. The fraction of sp³-hybridized carbons (Fsp3) is 0.368. The summed E-state index contributed by atoms with van der Waals surface area (Å²) in [5, 5.41) is 0.514. The van der Waals surface area contributed by atoms with Crippen molar-refractivity contribution in [3.63, 3.8) is 0 Å². The number of hydrogen-bond donors (Lipinski definition) is 0. The van der Waals surface area contributed by atoms with E-state index in [0.717, 1.165) is 13.1 Å². The fourth-order valence-electron chi connectivity index (χ4n) is 3.12. The van der Waals surface area contributed by atoms with E-state index in [-0.39, 0.29) is 16.6 Å². The third-order valence-corrected chi connectivity index (χ3v) is 6.88. The Hall–Kier alpha value is -2.27.